The van der Waals surface area contributed by atoms with Gasteiger partial charge in [0.15, 0.2) is 0 Å². The van der Waals surface area contributed by atoms with E-state index in [0.717, 1.165) is 0 Å². The number of benzene rings is 2. The van der Waals surface area contributed by atoms with Gasteiger partial charge in [0.1, 0.15) is 17.5 Å². The van der Waals surface area contributed by atoms with Gasteiger partial charge in [0.05, 0.1) is 18.4 Å². The number of ether oxygens (including phenoxy) is 1. The number of aryl methyl sites for hydroxylation is 1. The molecule has 1 aromatic heterocycles. The normalized spacial score (nSPS) is 9.96. The number of amides is 1. The molecule has 0 saturated heterocycles. The quantitative estimate of drug-likeness (QED) is 0.721. The number of aromatic nitrogens is 2. The topological polar surface area (TPSA) is 99.9 Å². The molecule has 0 atom stereocenters. The third-order valence-corrected chi connectivity index (χ3v) is 3.71. The van der Waals surface area contributed by atoms with Crippen LogP contribution in [0.5, 0.6) is 5.75 Å². The van der Waals surface area contributed by atoms with E-state index in [1.54, 1.807) is 68.6 Å². The van der Waals surface area contributed by atoms with Crippen LogP contribution in [0.1, 0.15) is 21.7 Å². The molecule has 7 nitrogen and oxygen atoms in total. The number of para-hydroxylation sites is 1. The van der Waals surface area contributed by atoms with Crippen molar-refractivity contribution in [3.8, 4) is 11.8 Å². The standard InChI is InChI=1S/C20H17N5O2/c1-13-10-18(19(26)23-15-7-5-8-16(11-15)27-2)25-20(22-13)24-17-9-4-3-6-14(17)12-21/h3-11H,1-2H3,(H,23,26)(H,22,24,25). The molecule has 0 radical (unpaired) electrons. The highest BCUT2D eigenvalue weighted by atomic mass is 16.5. The predicted octanol–water partition coefficient (Wildman–Crippen LogP) is 3.66. The van der Waals surface area contributed by atoms with Gasteiger partial charge in [-0.25, -0.2) is 9.97 Å². The summed E-state index contributed by atoms with van der Waals surface area (Å²) in [5, 5.41) is 15.0. The molecule has 0 fully saturated rings. The molecule has 3 rings (SSSR count). The number of hydrogen-bond acceptors (Lipinski definition) is 6. The Morgan fingerprint density at radius 3 is 2.70 bits per heavy atom. The third-order valence-electron chi connectivity index (χ3n) is 3.71. The SMILES string of the molecule is COc1cccc(NC(=O)c2cc(C)nc(Nc3ccccc3C#N)n2)c1. The van der Waals surface area contributed by atoms with Crippen molar-refractivity contribution in [1.82, 2.24) is 9.97 Å². The molecule has 0 aliphatic carbocycles. The minimum atomic E-state index is -0.370. The zero-order valence-electron chi connectivity index (χ0n) is 14.9. The van der Waals surface area contributed by atoms with Crippen molar-refractivity contribution in [2.45, 2.75) is 6.92 Å². The first-order valence-electron chi connectivity index (χ1n) is 8.16. The van der Waals surface area contributed by atoms with Gasteiger partial charge >= 0.3 is 0 Å². The molecule has 1 heterocycles. The zero-order valence-corrected chi connectivity index (χ0v) is 14.9. The van der Waals surface area contributed by atoms with Crippen LogP contribution >= 0.6 is 0 Å². The summed E-state index contributed by atoms with van der Waals surface area (Å²) in [6.45, 7) is 1.77. The Kier molecular flexibility index (Phi) is 5.28. The number of carbonyl (C=O) groups is 1. The lowest BCUT2D eigenvalue weighted by Gasteiger charge is -2.10. The number of methoxy groups -OCH3 is 1. The monoisotopic (exact) mass is 359 g/mol. The second-order valence-corrected chi connectivity index (χ2v) is 5.69. The molecule has 1 amide bonds. The van der Waals surface area contributed by atoms with Crippen LogP contribution in [-0.2, 0) is 0 Å². The summed E-state index contributed by atoms with van der Waals surface area (Å²) in [6.07, 6.45) is 0. The van der Waals surface area contributed by atoms with Crippen molar-refractivity contribution in [3.63, 3.8) is 0 Å². The Bertz CT molecular complexity index is 1030. The fraction of sp³-hybridized carbons (Fsp3) is 0.100. The van der Waals surface area contributed by atoms with Crippen LogP contribution in [0.3, 0.4) is 0 Å². The van der Waals surface area contributed by atoms with Gasteiger partial charge in [-0.1, -0.05) is 18.2 Å². The fourth-order valence-electron chi connectivity index (χ4n) is 2.45. The molecule has 27 heavy (non-hydrogen) atoms. The summed E-state index contributed by atoms with van der Waals surface area (Å²) < 4.78 is 5.16. The van der Waals surface area contributed by atoms with Gasteiger partial charge in [-0.2, -0.15) is 5.26 Å². The van der Waals surface area contributed by atoms with Crippen LogP contribution in [0, 0.1) is 18.3 Å². The number of hydrogen-bond donors (Lipinski definition) is 2. The molecule has 0 aliphatic heterocycles. The molecule has 0 spiro atoms. The van der Waals surface area contributed by atoms with E-state index in [9.17, 15) is 10.1 Å². The second kappa shape index (κ2) is 7.97. The van der Waals surface area contributed by atoms with Gasteiger partial charge in [0, 0.05) is 17.4 Å². The van der Waals surface area contributed by atoms with E-state index in [1.165, 1.54) is 0 Å². The van der Waals surface area contributed by atoms with E-state index < -0.39 is 0 Å². The van der Waals surface area contributed by atoms with Crippen LogP contribution < -0.4 is 15.4 Å². The average Bonchev–Trinajstić information content (AvgIpc) is 2.68. The lowest BCUT2D eigenvalue weighted by atomic mass is 10.2. The second-order valence-electron chi connectivity index (χ2n) is 5.69. The van der Waals surface area contributed by atoms with E-state index in [0.29, 0.717) is 28.4 Å². The summed E-state index contributed by atoms with van der Waals surface area (Å²) in [4.78, 5) is 21.1. The Labute approximate surface area is 156 Å². The maximum absolute atomic E-state index is 12.6. The molecular formula is C20H17N5O2. The van der Waals surface area contributed by atoms with Crippen LogP contribution in [0.4, 0.5) is 17.3 Å². The van der Waals surface area contributed by atoms with Gasteiger partial charge in [-0.05, 0) is 37.3 Å². The molecule has 2 aromatic carbocycles. The summed E-state index contributed by atoms with van der Waals surface area (Å²) in [5.41, 5.74) is 2.47. The fourth-order valence-corrected chi connectivity index (χ4v) is 2.45. The minimum absolute atomic E-state index is 0.210. The molecule has 2 N–H and O–H groups in total. The van der Waals surface area contributed by atoms with Crippen molar-refractivity contribution < 1.29 is 9.53 Å². The van der Waals surface area contributed by atoms with Crippen molar-refractivity contribution in [3.05, 3.63) is 71.5 Å². The molecule has 0 unspecified atom stereocenters. The summed E-state index contributed by atoms with van der Waals surface area (Å²) in [5.74, 6) is 0.515. The molecule has 134 valence electrons. The van der Waals surface area contributed by atoms with Gasteiger partial charge < -0.3 is 15.4 Å². The van der Waals surface area contributed by atoms with Gasteiger partial charge in [-0.15, -0.1) is 0 Å². The van der Waals surface area contributed by atoms with Crippen molar-refractivity contribution in [1.29, 1.82) is 5.26 Å². The van der Waals surface area contributed by atoms with E-state index >= 15 is 0 Å². The maximum atomic E-state index is 12.6. The van der Waals surface area contributed by atoms with Crippen LogP contribution in [-0.4, -0.2) is 23.0 Å². The van der Waals surface area contributed by atoms with E-state index in [1.807, 2.05) is 0 Å². The summed E-state index contributed by atoms with van der Waals surface area (Å²) in [7, 11) is 1.56. The Morgan fingerprint density at radius 2 is 1.93 bits per heavy atom. The smallest absolute Gasteiger partial charge is 0.274 e. The van der Waals surface area contributed by atoms with E-state index in [4.69, 9.17) is 4.74 Å². The Balaban J connectivity index is 1.84. The molecule has 3 aromatic rings. The number of anilines is 3. The Hall–Kier alpha value is -3.92. The number of rotatable bonds is 5. The van der Waals surface area contributed by atoms with Gasteiger partial charge in [0.2, 0.25) is 5.95 Å². The van der Waals surface area contributed by atoms with Crippen molar-refractivity contribution >= 4 is 23.2 Å². The van der Waals surface area contributed by atoms with Gasteiger partial charge in [-0.3, -0.25) is 4.79 Å². The predicted molar refractivity (Wildman–Crippen MR) is 102 cm³/mol. The molecule has 0 saturated carbocycles. The summed E-state index contributed by atoms with van der Waals surface area (Å²) >= 11 is 0. The molecule has 7 heteroatoms. The lowest BCUT2D eigenvalue weighted by molar-refractivity contribution is 0.102. The Morgan fingerprint density at radius 1 is 1.11 bits per heavy atom. The van der Waals surface area contributed by atoms with Crippen molar-refractivity contribution in [2.75, 3.05) is 17.7 Å². The van der Waals surface area contributed by atoms with E-state index in [-0.39, 0.29) is 17.5 Å². The van der Waals surface area contributed by atoms with Crippen LogP contribution in [0.25, 0.3) is 0 Å². The highest BCUT2D eigenvalue weighted by molar-refractivity contribution is 6.03. The van der Waals surface area contributed by atoms with Crippen molar-refractivity contribution in [2.24, 2.45) is 0 Å². The number of carbonyl (C=O) groups excluding carboxylic acids is 1. The first kappa shape index (κ1) is 17.9. The summed E-state index contributed by atoms with van der Waals surface area (Å²) in [6, 6.07) is 17.8. The van der Waals surface area contributed by atoms with Gasteiger partial charge in [0.25, 0.3) is 5.91 Å². The number of nitrogens with one attached hydrogen (secondary N) is 2. The number of nitriles is 1. The molecule has 0 aliphatic rings. The first-order valence-corrected chi connectivity index (χ1v) is 8.16. The highest BCUT2D eigenvalue weighted by Crippen LogP contribution is 2.20. The number of nitrogens with zero attached hydrogens (tertiary/aromatic N) is 3. The maximum Gasteiger partial charge on any atom is 0.274 e. The largest absolute Gasteiger partial charge is 0.497 e. The zero-order chi connectivity index (χ0) is 19.2. The first-order chi connectivity index (χ1) is 13.1. The minimum Gasteiger partial charge on any atom is -0.497 e. The van der Waals surface area contributed by atoms with Crippen LogP contribution in [0.15, 0.2) is 54.6 Å². The lowest BCUT2D eigenvalue weighted by Crippen LogP contribution is -2.15. The molecule has 0 bridgehead atoms. The highest BCUT2D eigenvalue weighted by Gasteiger charge is 2.12. The average molecular weight is 359 g/mol. The molecular weight excluding hydrogens is 342 g/mol. The van der Waals surface area contributed by atoms with Crippen LogP contribution in [0.2, 0.25) is 0 Å². The third kappa shape index (κ3) is 4.38. The van der Waals surface area contributed by atoms with E-state index in [2.05, 4.69) is 26.7 Å².